The van der Waals surface area contributed by atoms with E-state index in [1.165, 1.54) is 36.2 Å². The van der Waals surface area contributed by atoms with E-state index in [0.29, 0.717) is 36.7 Å². The number of aromatic nitrogens is 3. The molecule has 2 aromatic heterocycles. The number of fused-ring (bicyclic) bond motifs is 1. The number of urea groups is 1. The smallest absolute Gasteiger partial charge is 0.326 e. The van der Waals surface area contributed by atoms with Crippen LogP contribution in [0.25, 0.3) is 0 Å². The number of amides is 2. The van der Waals surface area contributed by atoms with Gasteiger partial charge in [0.1, 0.15) is 11.5 Å². The van der Waals surface area contributed by atoms with Gasteiger partial charge in [-0.1, -0.05) is 11.6 Å². The van der Waals surface area contributed by atoms with E-state index in [2.05, 4.69) is 20.5 Å². The van der Waals surface area contributed by atoms with Gasteiger partial charge >= 0.3 is 6.03 Å². The van der Waals surface area contributed by atoms with Crippen LogP contribution in [0.3, 0.4) is 0 Å². The summed E-state index contributed by atoms with van der Waals surface area (Å²) in [5.74, 6) is -0.802. The topological polar surface area (TPSA) is 100 Å². The number of nitrogens with zero attached hydrogens (tertiary/aromatic N) is 3. The van der Waals surface area contributed by atoms with E-state index in [4.69, 9.17) is 16.3 Å². The van der Waals surface area contributed by atoms with Crippen LogP contribution < -0.4 is 10.2 Å². The van der Waals surface area contributed by atoms with Crippen molar-refractivity contribution in [3.8, 4) is 0 Å². The molecule has 1 aliphatic heterocycles. The predicted molar refractivity (Wildman–Crippen MR) is 113 cm³/mol. The molecule has 1 aliphatic rings. The maximum absolute atomic E-state index is 13.5. The molecule has 1 aromatic carbocycles. The SMILES string of the molecule is CC(=O)c1cc(N(Cc2n[nH]c3c2CCOC3)C(=O)Nc2ccc(F)c(Cl)c2)ccn1. The van der Waals surface area contributed by atoms with Crippen LogP contribution in [0.5, 0.6) is 0 Å². The van der Waals surface area contributed by atoms with Crippen LogP contribution in [0.4, 0.5) is 20.6 Å². The number of Topliss-reactive ketones (excluding diaryl/α,β-unsaturated/α-hetero) is 1. The first kappa shape index (κ1) is 21.0. The lowest BCUT2D eigenvalue weighted by atomic mass is 10.1. The Hall–Kier alpha value is -3.30. The van der Waals surface area contributed by atoms with Gasteiger partial charge < -0.3 is 10.1 Å². The second-order valence-electron chi connectivity index (χ2n) is 7.03. The van der Waals surface area contributed by atoms with E-state index < -0.39 is 11.8 Å². The molecule has 3 heterocycles. The van der Waals surface area contributed by atoms with Crippen molar-refractivity contribution in [1.29, 1.82) is 0 Å². The number of halogens is 2. The molecule has 0 aliphatic carbocycles. The molecule has 0 radical (unpaired) electrons. The van der Waals surface area contributed by atoms with Gasteiger partial charge in [0.25, 0.3) is 0 Å². The largest absolute Gasteiger partial charge is 0.375 e. The molecule has 3 aromatic rings. The Morgan fingerprint density at radius 3 is 2.94 bits per heavy atom. The summed E-state index contributed by atoms with van der Waals surface area (Å²) in [5.41, 5.74) is 3.62. The molecule has 31 heavy (non-hydrogen) atoms. The molecule has 8 nitrogen and oxygen atoms in total. The lowest BCUT2D eigenvalue weighted by Gasteiger charge is -2.24. The molecule has 0 fully saturated rings. The Morgan fingerprint density at radius 1 is 1.32 bits per heavy atom. The summed E-state index contributed by atoms with van der Waals surface area (Å²) in [6, 6.07) is 6.60. The zero-order chi connectivity index (χ0) is 22.0. The Bertz CT molecular complexity index is 1150. The van der Waals surface area contributed by atoms with Gasteiger partial charge in [0.05, 0.1) is 36.2 Å². The molecule has 2 amide bonds. The summed E-state index contributed by atoms with van der Waals surface area (Å²) in [7, 11) is 0. The van der Waals surface area contributed by atoms with E-state index in [0.717, 1.165) is 11.3 Å². The van der Waals surface area contributed by atoms with Gasteiger partial charge in [-0.2, -0.15) is 5.10 Å². The number of hydrogen-bond acceptors (Lipinski definition) is 5. The van der Waals surface area contributed by atoms with Crippen molar-refractivity contribution in [1.82, 2.24) is 15.2 Å². The average molecular weight is 444 g/mol. The molecule has 10 heteroatoms. The van der Waals surface area contributed by atoms with Crippen molar-refractivity contribution in [2.75, 3.05) is 16.8 Å². The highest BCUT2D eigenvalue weighted by Gasteiger charge is 2.24. The lowest BCUT2D eigenvalue weighted by Crippen LogP contribution is -2.35. The molecule has 2 N–H and O–H groups in total. The minimum absolute atomic E-state index is 0.103. The molecule has 0 atom stereocenters. The Morgan fingerprint density at radius 2 is 2.16 bits per heavy atom. The third kappa shape index (κ3) is 4.57. The molecule has 0 saturated carbocycles. The number of H-pyrrole nitrogens is 1. The van der Waals surface area contributed by atoms with Gasteiger partial charge in [0, 0.05) is 30.1 Å². The fraction of sp³-hybridized carbons (Fsp3) is 0.238. The highest BCUT2D eigenvalue weighted by molar-refractivity contribution is 6.31. The average Bonchev–Trinajstić information content (AvgIpc) is 3.17. The Kier molecular flexibility index (Phi) is 5.97. The van der Waals surface area contributed by atoms with Crippen LogP contribution >= 0.6 is 11.6 Å². The third-order valence-corrected chi connectivity index (χ3v) is 5.21. The van der Waals surface area contributed by atoms with Crippen molar-refractivity contribution < 1.29 is 18.7 Å². The van der Waals surface area contributed by atoms with Crippen molar-refractivity contribution >= 4 is 34.8 Å². The number of nitrogens with one attached hydrogen (secondary N) is 2. The minimum Gasteiger partial charge on any atom is -0.375 e. The lowest BCUT2D eigenvalue weighted by molar-refractivity contribution is 0.101. The van der Waals surface area contributed by atoms with Crippen molar-refractivity contribution in [3.05, 3.63) is 70.0 Å². The van der Waals surface area contributed by atoms with Gasteiger partial charge in [-0.15, -0.1) is 0 Å². The van der Waals surface area contributed by atoms with E-state index in [1.54, 1.807) is 12.1 Å². The van der Waals surface area contributed by atoms with Gasteiger partial charge in [-0.05, 0) is 36.8 Å². The van der Waals surface area contributed by atoms with E-state index in [9.17, 15) is 14.0 Å². The number of carbonyl (C=O) groups is 2. The normalized spacial score (nSPS) is 12.9. The van der Waals surface area contributed by atoms with Crippen LogP contribution in [-0.2, 0) is 24.3 Å². The zero-order valence-corrected chi connectivity index (χ0v) is 17.4. The first-order chi connectivity index (χ1) is 14.9. The zero-order valence-electron chi connectivity index (χ0n) is 16.6. The number of ether oxygens (including phenoxy) is 1. The van der Waals surface area contributed by atoms with Gasteiger partial charge in [0.15, 0.2) is 5.78 Å². The molecule has 0 unspecified atom stereocenters. The highest BCUT2D eigenvalue weighted by Crippen LogP contribution is 2.25. The summed E-state index contributed by atoms with van der Waals surface area (Å²) in [4.78, 5) is 30.5. The van der Waals surface area contributed by atoms with Crippen LogP contribution in [0.1, 0.15) is 34.4 Å². The standard InChI is InChI=1S/C21H19ClFN5O3/c1-12(29)18-9-14(4-6-24-18)28(10-19-15-5-7-31-11-20(15)27-26-19)21(30)25-13-2-3-17(23)16(22)8-13/h2-4,6,8-9H,5,7,10-11H2,1H3,(H,25,30)(H,26,27). The molecule has 0 bridgehead atoms. The minimum atomic E-state index is -0.581. The van der Waals surface area contributed by atoms with Crippen LogP contribution in [0.15, 0.2) is 36.5 Å². The highest BCUT2D eigenvalue weighted by atomic mass is 35.5. The molecule has 4 rings (SSSR count). The van der Waals surface area contributed by atoms with E-state index in [1.807, 2.05) is 0 Å². The molecule has 160 valence electrons. The summed E-state index contributed by atoms with van der Waals surface area (Å²) in [5, 5.41) is 9.93. The quantitative estimate of drug-likeness (QED) is 0.578. The van der Waals surface area contributed by atoms with Gasteiger partial charge in [-0.25, -0.2) is 9.18 Å². The van der Waals surface area contributed by atoms with Crippen molar-refractivity contribution in [3.63, 3.8) is 0 Å². The number of ketones is 1. The fourth-order valence-corrected chi connectivity index (χ4v) is 3.49. The Labute approximate surface area is 182 Å². The first-order valence-corrected chi connectivity index (χ1v) is 9.93. The van der Waals surface area contributed by atoms with Crippen molar-refractivity contribution in [2.45, 2.75) is 26.5 Å². The number of benzene rings is 1. The second-order valence-corrected chi connectivity index (χ2v) is 7.44. The summed E-state index contributed by atoms with van der Waals surface area (Å²) < 4.78 is 18.9. The van der Waals surface area contributed by atoms with Crippen LogP contribution in [0, 0.1) is 5.82 Å². The maximum atomic E-state index is 13.5. The number of anilines is 2. The molecular weight excluding hydrogens is 425 g/mol. The van der Waals surface area contributed by atoms with Crippen molar-refractivity contribution in [2.24, 2.45) is 0 Å². The number of hydrogen-bond donors (Lipinski definition) is 2. The summed E-state index contributed by atoms with van der Waals surface area (Å²) >= 11 is 5.83. The predicted octanol–water partition coefficient (Wildman–Crippen LogP) is 4.11. The van der Waals surface area contributed by atoms with Gasteiger partial charge in [0.2, 0.25) is 0 Å². The number of aromatic amines is 1. The van der Waals surface area contributed by atoms with Crippen LogP contribution in [-0.4, -0.2) is 33.6 Å². The number of rotatable bonds is 5. The second kappa shape index (κ2) is 8.83. The van der Waals surface area contributed by atoms with E-state index in [-0.39, 0.29) is 23.0 Å². The molecule has 0 saturated heterocycles. The first-order valence-electron chi connectivity index (χ1n) is 9.55. The monoisotopic (exact) mass is 443 g/mol. The fourth-order valence-electron chi connectivity index (χ4n) is 3.31. The van der Waals surface area contributed by atoms with E-state index >= 15 is 0 Å². The maximum Gasteiger partial charge on any atom is 0.326 e. The third-order valence-electron chi connectivity index (χ3n) is 4.92. The number of pyridine rings is 1. The van der Waals surface area contributed by atoms with Gasteiger partial charge in [-0.3, -0.25) is 19.8 Å². The Balaban J connectivity index is 1.67. The number of carbonyl (C=O) groups excluding carboxylic acids is 2. The van der Waals surface area contributed by atoms with Crippen LogP contribution in [0.2, 0.25) is 5.02 Å². The summed E-state index contributed by atoms with van der Waals surface area (Å²) in [6.07, 6.45) is 2.15. The molecule has 0 spiro atoms. The molecular formula is C21H19ClFN5O3. The summed E-state index contributed by atoms with van der Waals surface area (Å²) in [6.45, 7) is 2.56.